The van der Waals surface area contributed by atoms with Gasteiger partial charge in [-0.3, -0.25) is 0 Å². The number of rotatable bonds is 3. The van der Waals surface area contributed by atoms with Crippen LogP contribution >= 0.6 is 11.8 Å². The Morgan fingerprint density at radius 2 is 2.33 bits per heavy atom. The Morgan fingerprint density at radius 1 is 1.33 bits per heavy atom. The van der Waals surface area contributed by atoms with Gasteiger partial charge in [0, 0.05) is 30.5 Å². The van der Waals surface area contributed by atoms with Crippen LogP contribution in [0.15, 0.2) is 18.3 Å². The summed E-state index contributed by atoms with van der Waals surface area (Å²) in [7, 11) is 0. The molecule has 112 valence electrons. The molecular formula is C16H22N4S. The molecular weight excluding hydrogens is 280 g/mol. The number of nitrogens with one attached hydrogen (secondary N) is 1. The van der Waals surface area contributed by atoms with E-state index in [4.69, 9.17) is 4.98 Å². The van der Waals surface area contributed by atoms with Crippen LogP contribution in [0.25, 0.3) is 11.2 Å². The van der Waals surface area contributed by atoms with Crippen LogP contribution in [0.2, 0.25) is 0 Å². The van der Waals surface area contributed by atoms with Crippen molar-refractivity contribution >= 4 is 22.9 Å². The van der Waals surface area contributed by atoms with Crippen molar-refractivity contribution in [1.82, 2.24) is 19.9 Å². The van der Waals surface area contributed by atoms with Crippen LogP contribution in [0.1, 0.15) is 37.4 Å². The van der Waals surface area contributed by atoms with Crippen LogP contribution in [-0.2, 0) is 6.54 Å². The summed E-state index contributed by atoms with van der Waals surface area (Å²) in [6.45, 7) is 2.17. The maximum absolute atomic E-state index is 4.92. The molecule has 0 radical (unpaired) electrons. The van der Waals surface area contributed by atoms with Crippen molar-refractivity contribution in [2.75, 3.05) is 18.1 Å². The fourth-order valence-corrected chi connectivity index (χ4v) is 4.72. The lowest BCUT2D eigenvalue weighted by atomic mass is 10.0. The lowest BCUT2D eigenvalue weighted by Gasteiger charge is -2.25. The van der Waals surface area contributed by atoms with Gasteiger partial charge in [0.25, 0.3) is 0 Å². The Balaban J connectivity index is 1.70. The summed E-state index contributed by atoms with van der Waals surface area (Å²) in [4.78, 5) is 9.52. The largest absolute Gasteiger partial charge is 0.312 e. The molecule has 1 N–H and O–H groups in total. The third-order valence-corrected chi connectivity index (χ3v) is 5.81. The molecule has 0 spiro atoms. The van der Waals surface area contributed by atoms with Crippen LogP contribution in [-0.4, -0.2) is 38.6 Å². The maximum atomic E-state index is 4.92. The fraction of sp³-hybridized carbons (Fsp3) is 0.625. The molecule has 2 unspecified atom stereocenters. The zero-order valence-corrected chi connectivity index (χ0v) is 13.1. The van der Waals surface area contributed by atoms with E-state index in [0.717, 1.165) is 24.3 Å². The number of thioether (sulfide) groups is 1. The van der Waals surface area contributed by atoms with Gasteiger partial charge >= 0.3 is 0 Å². The van der Waals surface area contributed by atoms with Crippen molar-refractivity contribution in [2.45, 2.75) is 44.2 Å². The molecule has 0 saturated carbocycles. The Bertz CT molecular complexity index is 612. The fourth-order valence-electron chi connectivity index (χ4n) is 3.51. The summed E-state index contributed by atoms with van der Waals surface area (Å²) in [5.74, 6) is 4.35. The van der Waals surface area contributed by atoms with E-state index in [-0.39, 0.29) is 0 Å². The highest BCUT2D eigenvalue weighted by Crippen LogP contribution is 2.33. The maximum Gasteiger partial charge on any atom is 0.160 e. The number of hydrogen-bond donors (Lipinski definition) is 1. The van der Waals surface area contributed by atoms with Crippen molar-refractivity contribution in [2.24, 2.45) is 0 Å². The van der Waals surface area contributed by atoms with Crippen molar-refractivity contribution in [1.29, 1.82) is 0 Å². The second kappa shape index (κ2) is 5.97. The van der Waals surface area contributed by atoms with Crippen LogP contribution in [0.4, 0.5) is 0 Å². The predicted molar refractivity (Wildman–Crippen MR) is 87.9 cm³/mol. The normalized spacial score (nSPS) is 26.5. The minimum atomic E-state index is 0.575. The minimum Gasteiger partial charge on any atom is -0.312 e. The summed E-state index contributed by atoms with van der Waals surface area (Å²) < 4.78 is 2.40. The predicted octanol–water partition coefficient (Wildman–Crippen LogP) is 2.79. The van der Waals surface area contributed by atoms with Gasteiger partial charge in [-0.2, -0.15) is 11.8 Å². The highest BCUT2D eigenvalue weighted by molar-refractivity contribution is 7.99. The second-order valence-electron chi connectivity index (χ2n) is 6.13. The lowest BCUT2D eigenvalue weighted by Crippen LogP contribution is -2.37. The molecule has 4 heterocycles. The van der Waals surface area contributed by atoms with E-state index in [1.165, 1.54) is 43.0 Å². The molecule has 2 fully saturated rings. The zero-order valence-electron chi connectivity index (χ0n) is 12.3. The number of imidazole rings is 1. The number of fused-ring (bicyclic) bond motifs is 1. The zero-order chi connectivity index (χ0) is 14.1. The average Bonchev–Trinajstić information content (AvgIpc) is 3.16. The molecule has 2 saturated heterocycles. The molecule has 21 heavy (non-hydrogen) atoms. The van der Waals surface area contributed by atoms with Crippen molar-refractivity contribution in [3.05, 3.63) is 24.2 Å². The Hall–Kier alpha value is -1.07. The van der Waals surface area contributed by atoms with E-state index in [1.54, 1.807) is 0 Å². The van der Waals surface area contributed by atoms with Gasteiger partial charge in [-0.25, -0.2) is 9.97 Å². The van der Waals surface area contributed by atoms with Gasteiger partial charge in [0.2, 0.25) is 0 Å². The number of aromatic nitrogens is 3. The molecule has 2 aromatic heterocycles. The molecule has 4 nitrogen and oxygen atoms in total. The van der Waals surface area contributed by atoms with E-state index in [2.05, 4.69) is 32.7 Å². The molecule has 0 aromatic carbocycles. The monoisotopic (exact) mass is 302 g/mol. The van der Waals surface area contributed by atoms with Crippen LogP contribution in [0, 0.1) is 0 Å². The molecule has 2 aromatic rings. The molecule has 2 aliphatic rings. The highest BCUT2D eigenvalue weighted by atomic mass is 32.2. The third-order valence-electron chi connectivity index (χ3n) is 4.64. The van der Waals surface area contributed by atoms with Gasteiger partial charge in [0.15, 0.2) is 5.65 Å². The Kier molecular flexibility index (Phi) is 3.86. The van der Waals surface area contributed by atoms with E-state index in [0.29, 0.717) is 12.0 Å². The number of piperidine rings is 1. The van der Waals surface area contributed by atoms with Crippen LogP contribution in [0.3, 0.4) is 0 Å². The summed E-state index contributed by atoms with van der Waals surface area (Å²) >= 11 is 2.05. The molecule has 0 amide bonds. The first-order chi connectivity index (χ1) is 10.4. The molecule has 2 aliphatic heterocycles. The molecule has 0 aliphatic carbocycles. The third kappa shape index (κ3) is 2.69. The first-order valence-corrected chi connectivity index (χ1v) is 9.19. The van der Waals surface area contributed by atoms with Gasteiger partial charge in [-0.15, -0.1) is 0 Å². The summed E-state index contributed by atoms with van der Waals surface area (Å²) in [6, 6.07) is 4.66. The van der Waals surface area contributed by atoms with E-state index < -0.39 is 0 Å². The second-order valence-corrected chi connectivity index (χ2v) is 7.28. The number of hydrogen-bond acceptors (Lipinski definition) is 4. The quantitative estimate of drug-likeness (QED) is 0.947. The summed E-state index contributed by atoms with van der Waals surface area (Å²) in [6.07, 6.45) is 7.07. The lowest BCUT2D eigenvalue weighted by molar-refractivity contribution is 0.360. The van der Waals surface area contributed by atoms with Gasteiger partial charge in [-0.05, 0) is 43.7 Å². The van der Waals surface area contributed by atoms with Crippen molar-refractivity contribution < 1.29 is 0 Å². The first kappa shape index (κ1) is 13.6. The smallest absolute Gasteiger partial charge is 0.160 e. The number of nitrogens with zero attached hydrogens (tertiary/aromatic N) is 3. The van der Waals surface area contributed by atoms with Gasteiger partial charge < -0.3 is 9.88 Å². The molecule has 5 heteroatoms. The number of pyridine rings is 1. The average molecular weight is 302 g/mol. The summed E-state index contributed by atoms with van der Waals surface area (Å²) in [5.41, 5.74) is 2.12. The Morgan fingerprint density at radius 3 is 3.14 bits per heavy atom. The minimum absolute atomic E-state index is 0.575. The molecule has 2 atom stereocenters. The standard InChI is InChI=1S/C16H22N4S/c1-2-7-17-13(4-1)10-20-15(12-6-9-21-11-12)19-14-5-3-8-18-16(14)20/h3,5,8,12-13,17H,1-2,4,6-7,9-11H2. The topological polar surface area (TPSA) is 42.7 Å². The van der Waals surface area contributed by atoms with Crippen LogP contribution in [0.5, 0.6) is 0 Å². The van der Waals surface area contributed by atoms with Crippen molar-refractivity contribution in [3.63, 3.8) is 0 Å². The van der Waals surface area contributed by atoms with Gasteiger partial charge in [-0.1, -0.05) is 6.42 Å². The van der Waals surface area contributed by atoms with E-state index in [1.807, 2.05) is 12.3 Å². The SMILES string of the molecule is c1cnc2c(c1)nc(C1CCSC1)n2CC1CCCCN1. The first-order valence-electron chi connectivity index (χ1n) is 8.04. The highest BCUT2D eigenvalue weighted by Gasteiger charge is 2.26. The van der Waals surface area contributed by atoms with Gasteiger partial charge in [0.05, 0.1) is 0 Å². The van der Waals surface area contributed by atoms with E-state index in [9.17, 15) is 0 Å². The summed E-state index contributed by atoms with van der Waals surface area (Å²) in [5, 5.41) is 3.66. The van der Waals surface area contributed by atoms with Crippen molar-refractivity contribution in [3.8, 4) is 0 Å². The van der Waals surface area contributed by atoms with Crippen LogP contribution < -0.4 is 5.32 Å². The van der Waals surface area contributed by atoms with Gasteiger partial charge in [0.1, 0.15) is 11.3 Å². The molecule has 4 rings (SSSR count). The molecule has 0 bridgehead atoms. The Labute approximate surface area is 129 Å². The van der Waals surface area contributed by atoms with E-state index >= 15 is 0 Å².